The molecule has 208 valence electrons. The van der Waals surface area contributed by atoms with Gasteiger partial charge in [0.15, 0.2) is 5.65 Å². The topological polar surface area (TPSA) is 123 Å². The Hall–Kier alpha value is -4.47. The van der Waals surface area contributed by atoms with Crippen LogP contribution in [-0.4, -0.2) is 49.3 Å². The molecule has 10 nitrogen and oxygen atoms in total. The van der Waals surface area contributed by atoms with Gasteiger partial charge in [-0.25, -0.2) is 14.3 Å². The number of rotatable bonds is 7. The van der Waals surface area contributed by atoms with Crippen LogP contribution in [-0.2, 0) is 16.0 Å². The molecule has 1 aliphatic carbocycles. The van der Waals surface area contributed by atoms with Crippen LogP contribution in [0.15, 0.2) is 67.0 Å². The second kappa shape index (κ2) is 11.7. The zero-order valence-electron chi connectivity index (χ0n) is 23.1. The number of carbonyl (C=O) groups excluding carboxylic acids is 2. The van der Waals surface area contributed by atoms with E-state index in [9.17, 15) is 9.59 Å². The molecule has 0 bridgehead atoms. The minimum Gasteiger partial charge on any atom is -0.444 e. The van der Waals surface area contributed by atoms with Gasteiger partial charge in [-0.3, -0.25) is 9.78 Å². The number of alkyl carbamates (subject to hydrolysis) is 1. The summed E-state index contributed by atoms with van der Waals surface area (Å²) in [6.45, 7) is 5.59. The number of ether oxygens (including phenoxy) is 1. The fourth-order valence-corrected chi connectivity index (χ4v) is 4.84. The van der Waals surface area contributed by atoms with Gasteiger partial charge in [0.1, 0.15) is 11.4 Å². The first-order valence-electron chi connectivity index (χ1n) is 13.6. The highest BCUT2D eigenvalue weighted by molar-refractivity contribution is 5.92. The number of nitrogens with one attached hydrogen (secondary N) is 3. The standard InChI is InChI=1S/C30H35N7O3/c1-30(2,3)40-29(39)35-22-12-10-21(11-13-22)33-26-14-15-27-32-19-25(37(27)36-26)20-7-6-9-24(17-20)34-28(38)18-23-8-4-5-16-31-23/h4-9,14-17,19,21-22H,10-13,18H2,1-3H3,(H,33,36)(H,34,38)(H,35,39). The molecule has 3 aromatic heterocycles. The Morgan fingerprint density at radius 1 is 0.975 bits per heavy atom. The van der Waals surface area contributed by atoms with E-state index in [2.05, 4.69) is 25.9 Å². The van der Waals surface area contributed by atoms with E-state index < -0.39 is 5.60 Å². The van der Waals surface area contributed by atoms with Crippen molar-refractivity contribution in [3.63, 3.8) is 0 Å². The first-order valence-corrected chi connectivity index (χ1v) is 13.6. The van der Waals surface area contributed by atoms with Gasteiger partial charge in [0.2, 0.25) is 5.91 Å². The number of hydrogen-bond acceptors (Lipinski definition) is 7. The maximum atomic E-state index is 12.5. The van der Waals surface area contributed by atoms with Crippen molar-refractivity contribution in [1.29, 1.82) is 0 Å². The van der Waals surface area contributed by atoms with Crippen LogP contribution in [0.1, 0.15) is 52.1 Å². The minimum atomic E-state index is -0.505. The van der Waals surface area contributed by atoms with Gasteiger partial charge in [-0.15, -0.1) is 5.10 Å². The summed E-state index contributed by atoms with van der Waals surface area (Å²) < 4.78 is 7.20. The van der Waals surface area contributed by atoms with Gasteiger partial charge in [0, 0.05) is 35.2 Å². The first-order chi connectivity index (χ1) is 19.2. The average Bonchev–Trinajstić information content (AvgIpc) is 3.33. The van der Waals surface area contributed by atoms with Crippen LogP contribution >= 0.6 is 0 Å². The van der Waals surface area contributed by atoms with Crippen molar-refractivity contribution in [3.8, 4) is 11.3 Å². The highest BCUT2D eigenvalue weighted by atomic mass is 16.6. The van der Waals surface area contributed by atoms with E-state index in [1.807, 2.05) is 79.9 Å². The number of pyridine rings is 1. The third kappa shape index (κ3) is 7.13. The lowest BCUT2D eigenvalue weighted by Gasteiger charge is -2.30. The summed E-state index contributed by atoms with van der Waals surface area (Å²) in [4.78, 5) is 33.4. The molecule has 10 heteroatoms. The van der Waals surface area contributed by atoms with Crippen LogP contribution < -0.4 is 16.0 Å². The maximum Gasteiger partial charge on any atom is 0.407 e. The predicted octanol–water partition coefficient (Wildman–Crippen LogP) is 5.22. The average molecular weight is 542 g/mol. The summed E-state index contributed by atoms with van der Waals surface area (Å²) in [5.41, 5.74) is 3.35. The van der Waals surface area contributed by atoms with Crippen LogP contribution in [0.5, 0.6) is 0 Å². The summed E-state index contributed by atoms with van der Waals surface area (Å²) in [5, 5.41) is 14.3. The quantitative estimate of drug-likeness (QED) is 0.293. The van der Waals surface area contributed by atoms with Crippen LogP contribution in [0, 0.1) is 0 Å². The van der Waals surface area contributed by atoms with Crippen LogP contribution in [0.4, 0.5) is 16.3 Å². The molecule has 1 aliphatic rings. The molecule has 0 aliphatic heterocycles. The van der Waals surface area contributed by atoms with Crippen molar-refractivity contribution in [1.82, 2.24) is 24.9 Å². The van der Waals surface area contributed by atoms with Gasteiger partial charge >= 0.3 is 6.09 Å². The van der Waals surface area contributed by atoms with E-state index in [-0.39, 0.29) is 30.5 Å². The van der Waals surface area contributed by atoms with Crippen molar-refractivity contribution < 1.29 is 14.3 Å². The normalized spacial score (nSPS) is 17.3. The summed E-state index contributed by atoms with van der Waals surface area (Å²) in [6.07, 6.45) is 6.88. The Labute approximate surface area is 233 Å². The predicted molar refractivity (Wildman–Crippen MR) is 154 cm³/mol. The lowest BCUT2D eigenvalue weighted by atomic mass is 9.91. The number of carbonyl (C=O) groups is 2. The summed E-state index contributed by atoms with van der Waals surface area (Å²) in [7, 11) is 0. The molecule has 0 saturated heterocycles. The molecular weight excluding hydrogens is 506 g/mol. The molecule has 0 unspecified atom stereocenters. The van der Waals surface area contributed by atoms with E-state index in [0.717, 1.165) is 54.1 Å². The highest BCUT2D eigenvalue weighted by Crippen LogP contribution is 2.26. The molecule has 0 radical (unpaired) electrons. The zero-order chi connectivity index (χ0) is 28.1. The van der Waals surface area contributed by atoms with Crippen LogP contribution in [0.25, 0.3) is 16.9 Å². The Bertz CT molecular complexity index is 1470. The van der Waals surface area contributed by atoms with Crippen LogP contribution in [0.2, 0.25) is 0 Å². The van der Waals surface area contributed by atoms with E-state index in [4.69, 9.17) is 9.84 Å². The molecule has 1 aromatic carbocycles. The molecule has 40 heavy (non-hydrogen) atoms. The Kier molecular flexibility index (Phi) is 7.95. The molecule has 1 fully saturated rings. The molecule has 5 rings (SSSR count). The van der Waals surface area contributed by atoms with Gasteiger partial charge in [-0.2, -0.15) is 0 Å². The van der Waals surface area contributed by atoms with Gasteiger partial charge in [-0.05, 0) is 82.9 Å². The molecule has 0 atom stereocenters. The second-order valence-electron chi connectivity index (χ2n) is 11.1. The lowest BCUT2D eigenvalue weighted by Crippen LogP contribution is -2.42. The number of imidazole rings is 1. The number of anilines is 2. The fraction of sp³-hybridized carbons (Fsp3) is 0.367. The largest absolute Gasteiger partial charge is 0.444 e. The number of benzene rings is 1. The monoisotopic (exact) mass is 541 g/mol. The Balaban J connectivity index is 1.22. The molecule has 3 N–H and O–H groups in total. The van der Waals surface area contributed by atoms with E-state index in [1.165, 1.54) is 0 Å². The number of amides is 2. The molecule has 4 aromatic rings. The Morgan fingerprint density at radius 2 is 1.77 bits per heavy atom. The lowest BCUT2D eigenvalue weighted by molar-refractivity contribution is -0.115. The molecule has 2 amide bonds. The number of fused-ring (bicyclic) bond motifs is 1. The maximum absolute atomic E-state index is 12.5. The van der Waals surface area contributed by atoms with Gasteiger partial charge in [0.25, 0.3) is 0 Å². The number of aromatic nitrogens is 4. The number of nitrogens with zero attached hydrogens (tertiary/aromatic N) is 4. The zero-order valence-corrected chi connectivity index (χ0v) is 23.1. The summed E-state index contributed by atoms with van der Waals surface area (Å²) in [6, 6.07) is 17.4. The minimum absolute atomic E-state index is 0.111. The van der Waals surface area contributed by atoms with E-state index in [0.29, 0.717) is 5.69 Å². The third-order valence-corrected chi connectivity index (χ3v) is 6.67. The van der Waals surface area contributed by atoms with Crippen molar-refractivity contribution in [2.75, 3.05) is 10.6 Å². The van der Waals surface area contributed by atoms with Crippen molar-refractivity contribution in [2.45, 2.75) is 70.6 Å². The summed E-state index contributed by atoms with van der Waals surface area (Å²) >= 11 is 0. The van der Waals surface area contributed by atoms with Gasteiger partial charge in [0.05, 0.1) is 18.3 Å². The molecule has 0 spiro atoms. The van der Waals surface area contributed by atoms with Gasteiger partial charge in [-0.1, -0.05) is 18.2 Å². The molecule has 3 heterocycles. The van der Waals surface area contributed by atoms with E-state index >= 15 is 0 Å². The third-order valence-electron chi connectivity index (χ3n) is 6.67. The SMILES string of the molecule is CC(C)(C)OC(=O)NC1CCC(Nc2ccc3ncc(-c4cccc(NC(=O)Cc5ccccn5)c4)n3n2)CC1. The molecule has 1 saturated carbocycles. The van der Waals surface area contributed by atoms with E-state index in [1.54, 1.807) is 12.4 Å². The smallest absolute Gasteiger partial charge is 0.407 e. The van der Waals surface area contributed by atoms with Crippen molar-refractivity contribution in [3.05, 3.63) is 72.7 Å². The number of hydrogen-bond donors (Lipinski definition) is 3. The fourth-order valence-electron chi connectivity index (χ4n) is 4.84. The first kappa shape index (κ1) is 27.1. The second-order valence-corrected chi connectivity index (χ2v) is 11.1. The van der Waals surface area contributed by atoms with Gasteiger partial charge < -0.3 is 20.7 Å². The van der Waals surface area contributed by atoms with Crippen LogP contribution in [0.3, 0.4) is 0 Å². The Morgan fingerprint density at radius 3 is 2.52 bits per heavy atom. The van der Waals surface area contributed by atoms with Crippen molar-refractivity contribution in [2.24, 2.45) is 0 Å². The highest BCUT2D eigenvalue weighted by Gasteiger charge is 2.25. The summed E-state index contributed by atoms with van der Waals surface area (Å²) in [5.74, 6) is 0.629. The molecular formula is C30H35N7O3. The van der Waals surface area contributed by atoms with Crippen molar-refractivity contribution >= 4 is 29.2 Å².